The van der Waals surface area contributed by atoms with Crippen molar-refractivity contribution in [2.24, 2.45) is 0 Å². The minimum atomic E-state index is -1.95. The number of aromatic amines is 1. The van der Waals surface area contributed by atoms with Crippen molar-refractivity contribution in [2.45, 2.75) is 36.9 Å². The highest BCUT2D eigenvalue weighted by molar-refractivity contribution is 6.03. The topological polar surface area (TPSA) is 129 Å². The zero-order valence-electron chi connectivity index (χ0n) is 26.8. The first kappa shape index (κ1) is 32.6. The number of nitrogens with one attached hydrogen (secondary N) is 1. The van der Waals surface area contributed by atoms with E-state index in [1.54, 1.807) is 51.5 Å². The minimum absolute atomic E-state index is 0.114. The van der Waals surface area contributed by atoms with Gasteiger partial charge in [0.05, 0.1) is 26.9 Å². The summed E-state index contributed by atoms with van der Waals surface area (Å²) in [5.41, 5.74) is -1.76. The van der Waals surface area contributed by atoms with Crippen molar-refractivity contribution in [2.75, 3.05) is 20.8 Å². The summed E-state index contributed by atoms with van der Waals surface area (Å²) in [6.07, 6.45) is -1.22. The van der Waals surface area contributed by atoms with E-state index in [1.807, 2.05) is 78.9 Å². The molecule has 0 radical (unpaired) electrons. The van der Waals surface area contributed by atoms with Gasteiger partial charge in [0.1, 0.15) is 23.3 Å². The fraction of sp³-hybridized carbons (Fsp3) is 0.237. The van der Waals surface area contributed by atoms with Gasteiger partial charge in [0.15, 0.2) is 11.4 Å². The summed E-state index contributed by atoms with van der Waals surface area (Å²) in [5, 5.41) is 11.8. The van der Waals surface area contributed by atoms with Crippen LogP contribution in [-0.2, 0) is 15.1 Å². The van der Waals surface area contributed by atoms with E-state index in [0.717, 1.165) is 16.7 Å². The first-order chi connectivity index (χ1) is 23.2. The molecule has 0 amide bonds. The predicted molar refractivity (Wildman–Crippen MR) is 179 cm³/mol. The quantitative estimate of drug-likeness (QED) is 0.155. The lowest BCUT2D eigenvalue weighted by atomic mass is 9.79. The van der Waals surface area contributed by atoms with Gasteiger partial charge in [-0.1, -0.05) is 84.9 Å². The van der Waals surface area contributed by atoms with Crippen molar-refractivity contribution in [3.8, 4) is 11.5 Å². The lowest BCUT2D eigenvalue weighted by Crippen LogP contribution is -2.53. The highest BCUT2D eigenvalue weighted by atomic mass is 16.6. The number of nitrogens with zero attached hydrogens (tertiary/aromatic N) is 1. The largest absolute Gasteiger partial charge is 0.497 e. The summed E-state index contributed by atoms with van der Waals surface area (Å²) in [6, 6.07) is 32.9. The summed E-state index contributed by atoms with van der Waals surface area (Å²) >= 11 is 0. The second-order valence-electron chi connectivity index (χ2n) is 11.7. The Morgan fingerprint density at radius 2 is 1.38 bits per heavy atom. The van der Waals surface area contributed by atoms with Crippen LogP contribution in [0, 0.1) is 6.92 Å². The maximum absolute atomic E-state index is 14.5. The molecule has 3 atom stereocenters. The summed E-state index contributed by atoms with van der Waals surface area (Å²) < 4.78 is 25.6. The Hall–Kier alpha value is -5.29. The van der Waals surface area contributed by atoms with E-state index in [2.05, 4.69) is 4.98 Å². The van der Waals surface area contributed by atoms with Crippen LogP contribution in [0.3, 0.4) is 0 Å². The molecule has 246 valence electrons. The number of aliphatic hydroxyl groups excluding tert-OH is 1. The first-order valence-electron chi connectivity index (χ1n) is 15.5. The van der Waals surface area contributed by atoms with Crippen LogP contribution < -0.4 is 20.7 Å². The first-order valence-corrected chi connectivity index (χ1v) is 15.5. The molecule has 10 nitrogen and oxygen atoms in total. The van der Waals surface area contributed by atoms with E-state index in [4.69, 9.17) is 18.9 Å². The average molecular weight is 649 g/mol. The van der Waals surface area contributed by atoms with Gasteiger partial charge < -0.3 is 24.1 Å². The Balaban J connectivity index is 1.52. The number of methoxy groups -OCH3 is 2. The van der Waals surface area contributed by atoms with Crippen LogP contribution in [0.15, 0.2) is 125 Å². The highest BCUT2D eigenvalue weighted by Gasteiger charge is 2.56. The monoisotopic (exact) mass is 648 g/mol. The number of H-pyrrole nitrogens is 1. The molecule has 2 heterocycles. The van der Waals surface area contributed by atoms with E-state index in [1.165, 1.54) is 10.8 Å². The summed E-state index contributed by atoms with van der Waals surface area (Å²) in [7, 11) is 3.17. The second kappa shape index (κ2) is 13.4. The van der Waals surface area contributed by atoms with Crippen LogP contribution in [0.1, 0.15) is 45.3 Å². The molecule has 1 fully saturated rings. The van der Waals surface area contributed by atoms with Crippen molar-refractivity contribution >= 4 is 5.78 Å². The van der Waals surface area contributed by atoms with Gasteiger partial charge in [-0.3, -0.25) is 19.1 Å². The Morgan fingerprint density at radius 3 is 1.92 bits per heavy atom. The fourth-order valence-corrected chi connectivity index (χ4v) is 6.25. The maximum atomic E-state index is 14.5. The molecular formula is C38H36N2O8. The molecule has 1 aromatic heterocycles. The third kappa shape index (κ3) is 5.85. The normalized spacial score (nSPS) is 19.2. The molecule has 4 aromatic carbocycles. The fourth-order valence-electron chi connectivity index (χ4n) is 6.25. The lowest BCUT2D eigenvalue weighted by Gasteiger charge is -2.40. The number of aromatic nitrogens is 2. The molecule has 1 aliphatic rings. The Labute approximate surface area is 277 Å². The van der Waals surface area contributed by atoms with E-state index in [-0.39, 0.29) is 12.0 Å². The van der Waals surface area contributed by atoms with Gasteiger partial charge in [-0.25, -0.2) is 4.79 Å². The van der Waals surface area contributed by atoms with Crippen LogP contribution in [0.5, 0.6) is 11.5 Å². The molecule has 0 unspecified atom stereocenters. The Kier molecular flexibility index (Phi) is 9.14. The van der Waals surface area contributed by atoms with Crippen LogP contribution in [0.2, 0.25) is 0 Å². The number of benzene rings is 4. The van der Waals surface area contributed by atoms with Crippen LogP contribution in [0.4, 0.5) is 0 Å². The molecule has 10 heteroatoms. The van der Waals surface area contributed by atoms with Gasteiger partial charge in [0.25, 0.3) is 5.56 Å². The number of ketones is 1. The molecule has 5 aromatic rings. The predicted octanol–water partition coefficient (Wildman–Crippen LogP) is 4.77. The highest BCUT2D eigenvalue weighted by Crippen LogP contribution is 2.45. The van der Waals surface area contributed by atoms with E-state index < -0.39 is 47.2 Å². The molecule has 1 saturated heterocycles. The summed E-state index contributed by atoms with van der Waals surface area (Å²) in [6.45, 7) is 1.14. The SMILES string of the molecule is COc1ccc(C(OC[C@@]2(C(=O)c3ccccc3)O[C@@H](n3cc(C)c(=O)[nH]c3=O)C[C@@H]2O)(c2ccccc2)c2ccc(OC)cc2)cc1. The third-order valence-corrected chi connectivity index (χ3v) is 8.86. The Morgan fingerprint density at radius 1 is 0.854 bits per heavy atom. The van der Waals surface area contributed by atoms with Crippen molar-refractivity contribution < 1.29 is 28.8 Å². The standard InChI is InChI=1S/C38H36N2O8/c1-25-23-40(36(44)39-35(25)43)33-22-32(41)37(48-33,34(42)26-10-6-4-7-11-26)24-47-38(27-12-8-5-9-13-27,28-14-18-30(45-2)19-15-28)29-16-20-31(46-3)21-17-29/h4-21,23,32-33,41H,22,24H2,1-3H3,(H,39,43,44)/t32-,33+,37+/m0/s1. The number of aryl methyl sites for hydroxylation is 1. The van der Waals surface area contributed by atoms with Crippen LogP contribution in [-0.4, -0.2) is 53.0 Å². The number of hydrogen-bond donors (Lipinski definition) is 2. The molecule has 0 bridgehead atoms. The van der Waals surface area contributed by atoms with Crippen molar-refractivity contribution in [3.05, 3.63) is 164 Å². The Bertz CT molecular complexity index is 1940. The molecular weight excluding hydrogens is 612 g/mol. The van der Waals surface area contributed by atoms with Crippen molar-refractivity contribution in [1.29, 1.82) is 0 Å². The van der Waals surface area contributed by atoms with E-state index >= 15 is 0 Å². The number of carbonyl (C=O) groups is 1. The van der Waals surface area contributed by atoms with Gasteiger partial charge in [0.2, 0.25) is 0 Å². The number of Topliss-reactive ketones (excluding diaryl/α,β-unsaturated/α-hetero) is 1. The molecule has 2 N–H and O–H groups in total. The van der Waals surface area contributed by atoms with Crippen LogP contribution in [0.25, 0.3) is 0 Å². The molecule has 0 saturated carbocycles. The van der Waals surface area contributed by atoms with Gasteiger partial charge in [-0.05, 0) is 47.9 Å². The summed E-state index contributed by atoms with van der Waals surface area (Å²) in [4.78, 5) is 41.9. The van der Waals surface area contributed by atoms with E-state index in [9.17, 15) is 19.5 Å². The zero-order chi connectivity index (χ0) is 33.9. The minimum Gasteiger partial charge on any atom is -0.497 e. The van der Waals surface area contributed by atoms with Crippen molar-refractivity contribution in [1.82, 2.24) is 9.55 Å². The van der Waals surface area contributed by atoms with Gasteiger partial charge in [0, 0.05) is 23.7 Å². The zero-order valence-corrected chi connectivity index (χ0v) is 26.8. The molecule has 1 aliphatic heterocycles. The number of hydrogen-bond acceptors (Lipinski definition) is 8. The van der Waals surface area contributed by atoms with Gasteiger partial charge >= 0.3 is 5.69 Å². The van der Waals surface area contributed by atoms with E-state index in [0.29, 0.717) is 17.1 Å². The van der Waals surface area contributed by atoms with Crippen LogP contribution >= 0.6 is 0 Å². The lowest BCUT2D eigenvalue weighted by molar-refractivity contribution is -0.136. The van der Waals surface area contributed by atoms with Crippen molar-refractivity contribution in [3.63, 3.8) is 0 Å². The number of carbonyl (C=O) groups excluding carboxylic acids is 1. The summed E-state index contributed by atoms with van der Waals surface area (Å²) in [5.74, 6) is 0.772. The third-order valence-electron chi connectivity index (χ3n) is 8.86. The molecule has 48 heavy (non-hydrogen) atoms. The second-order valence-corrected chi connectivity index (χ2v) is 11.7. The average Bonchev–Trinajstić information content (AvgIpc) is 3.47. The molecule has 0 spiro atoms. The number of aliphatic hydroxyl groups is 1. The number of rotatable bonds is 11. The molecule has 6 rings (SSSR count). The number of ether oxygens (including phenoxy) is 4. The van der Waals surface area contributed by atoms with Gasteiger partial charge in [-0.2, -0.15) is 0 Å². The maximum Gasteiger partial charge on any atom is 0.330 e. The molecule has 0 aliphatic carbocycles. The van der Waals surface area contributed by atoms with Gasteiger partial charge in [-0.15, -0.1) is 0 Å². The smallest absolute Gasteiger partial charge is 0.330 e.